The lowest BCUT2D eigenvalue weighted by atomic mass is 10.1. The first-order valence-electron chi connectivity index (χ1n) is 3.98. The van der Waals surface area contributed by atoms with Crippen molar-refractivity contribution in [1.29, 1.82) is 0 Å². The Kier molecular flexibility index (Phi) is 8.01. The van der Waals surface area contributed by atoms with E-state index >= 15 is 0 Å². The molecule has 2 nitrogen and oxygen atoms in total. The molecule has 11 heavy (non-hydrogen) atoms. The van der Waals surface area contributed by atoms with E-state index in [1.165, 1.54) is 0 Å². The van der Waals surface area contributed by atoms with Gasteiger partial charge in [-0.15, -0.1) is 18.2 Å². The summed E-state index contributed by atoms with van der Waals surface area (Å²) in [6.07, 6.45) is 6.04. The van der Waals surface area contributed by atoms with Crippen molar-refractivity contribution in [2.75, 3.05) is 5.88 Å². The number of hydrogen-bond donors (Lipinski definition) is 2. The number of halogens is 1. The van der Waals surface area contributed by atoms with E-state index in [1.807, 2.05) is 6.08 Å². The molecule has 3 heteroatoms. The molecule has 0 fully saturated rings. The molecule has 0 aromatic heterocycles. The second-order valence-electron chi connectivity index (χ2n) is 2.56. The predicted octanol–water partition coefficient (Wildman–Crippen LogP) is 1.80. The third-order valence-electron chi connectivity index (χ3n) is 1.64. The van der Waals surface area contributed by atoms with Gasteiger partial charge in [0.05, 0.1) is 0 Å². The van der Waals surface area contributed by atoms with Gasteiger partial charge in [-0.2, -0.15) is 0 Å². The Balaban J connectivity index is 3.32. The SMILES string of the molecule is C=CCCC(CCCCl)NN. The van der Waals surface area contributed by atoms with Crippen LogP contribution in [0.15, 0.2) is 12.7 Å². The van der Waals surface area contributed by atoms with Crippen molar-refractivity contribution in [2.24, 2.45) is 5.84 Å². The van der Waals surface area contributed by atoms with Gasteiger partial charge in [0.2, 0.25) is 0 Å². The first-order valence-corrected chi connectivity index (χ1v) is 4.51. The molecule has 0 bridgehead atoms. The van der Waals surface area contributed by atoms with Crippen LogP contribution in [-0.4, -0.2) is 11.9 Å². The Bertz CT molecular complexity index is 96.1. The number of nitrogens with one attached hydrogen (secondary N) is 1. The Morgan fingerprint density at radius 1 is 1.55 bits per heavy atom. The maximum atomic E-state index is 5.55. The van der Waals surface area contributed by atoms with Crippen molar-refractivity contribution in [2.45, 2.75) is 31.7 Å². The second kappa shape index (κ2) is 8.05. The molecule has 0 aromatic carbocycles. The highest BCUT2D eigenvalue weighted by atomic mass is 35.5. The van der Waals surface area contributed by atoms with Gasteiger partial charge in [0.15, 0.2) is 0 Å². The number of hydrazine groups is 1. The molecular weight excluding hydrogens is 160 g/mol. The van der Waals surface area contributed by atoms with Crippen LogP contribution in [-0.2, 0) is 0 Å². The summed E-state index contributed by atoms with van der Waals surface area (Å²) in [7, 11) is 0. The second-order valence-corrected chi connectivity index (χ2v) is 2.94. The lowest BCUT2D eigenvalue weighted by Gasteiger charge is -2.13. The summed E-state index contributed by atoms with van der Waals surface area (Å²) in [5.74, 6) is 6.04. The van der Waals surface area contributed by atoms with E-state index in [0.29, 0.717) is 11.9 Å². The summed E-state index contributed by atoms with van der Waals surface area (Å²) >= 11 is 5.55. The fraction of sp³-hybridized carbons (Fsp3) is 0.750. The fourth-order valence-electron chi connectivity index (χ4n) is 0.954. The van der Waals surface area contributed by atoms with Crippen molar-refractivity contribution in [3.8, 4) is 0 Å². The molecule has 0 aliphatic heterocycles. The molecule has 66 valence electrons. The van der Waals surface area contributed by atoms with Gasteiger partial charge >= 0.3 is 0 Å². The van der Waals surface area contributed by atoms with Gasteiger partial charge in [0, 0.05) is 11.9 Å². The van der Waals surface area contributed by atoms with Gasteiger partial charge in [0.25, 0.3) is 0 Å². The van der Waals surface area contributed by atoms with Crippen molar-refractivity contribution in [1.82, 2.24) is 5.43 Å². The third-order valence-corrected chi connectivity index (χ3v) is 1.91. The first-order chi connectivity index (χ1) is 5.35. The number of rotatable bonds is 7. The first kappa shape index (κ1) is 11.0. The average molecular weight is 177 g/mol. The Morgan fingerprint density at radius 2 is 2.27 bits per heavy atom. The molecule has 1 atom stereocenters. The van der Waals surface area contributed by atoms with Crippen LogP contribution in [0.5, 0.6) is 0 Å². The minimum Gasteiger partial charge on any atom is -0.271 e. The Morgan fingerprint density at radius 3 is 2.73 bits per heavy atom. The lowest BCUT2D eigenvalue weighted by molar-refractivity contribution is 0.463. The van der Waals surface area contributed by atoms with Crippen molar-refractivity contribution < 1.29 is 0 Å². The maximum Gasteiger partial charge on any atom is 0.0224 e. The van der Waals surface area contributed by atoms with Crippen molar-refractivity contribution in [3.63, 3.8) is 0 Å². The van der Waals surface area contributed by atoms with Crippen LogP contribution in [0.25, 0.3) is 0 Å². The number of allylic oxidation sites excluding steroid dienone is 1. The zero-order chi connectivity index (χ0) is 8.53. The van der Waals surface area contributed by atoms with Gasteiger partial charge in [-0.1, -0.05) is 6.08 Å². The average Bonchev–Trinajstić information content (AvgIpc) is 2.05. The zero-order valence-electron chi connectivity index (χ0n) is 6.85. The molecule has 0 aliphatic rings. The molecule has 0 spiro atoms. The van der Waals surface area contributed by atoms with E-state index in [1.54, 1.807) is 0 Å². The molecule has 0 saturated heterocycles. The van der Waals surface area contributed by atoms with Crippen LogP contribution in [0, 0.1) is 0 Å². The highest BCUT2D eigenvalue weighted by molar-refractivity contribution is 6.17. The number of nitrogens with two attached hydrogens (primary N) is 1. The predicted molar refractivity (Wildman–Crippen MR) is 50.5 cm³/mol. The minimum absolute atomic E-state index is 0.395. The monoisotopic (exact) mass is 176 g/mol. The normalized spacial score (nSPS) is 12.9. The van der Waals surface area contributed by atoms with Crippen LogP contribution >= 0.6 is 11.6 Å². The van der Waals surface area contributed by atoms with E-state index in [9.17, 15) is 0 Å². The molecule has 0 amide bonds. The summed E-state index contributed by atoms with van der Waals surface area (Å²) in [4.78, 5) is 0. The molecule has 0 heterocycles. The zero-order valence-corrected chi connectivity index (χ0v) is 7.61. The number of alkyl halides is 1. The Hall–Kier alpha value is -0.0500. The van der Waals surface area contributed by atoms with Gasteiger partial charge in [-0.25, -0.2) is 0 Å². The molecular formula is C8H17ClN2. The third kappa shape index (κ3) is 6.35. The van der Waals surface area contributed by atoms with Crippen LogP contribution < -0.4 is 11.3 Å². The molecule has 0 aromatic rings. The van der Waals surface area contributed by atoms with E-state index < -0.39 is 0 Å². The van der Waals surface area contributed by atoms with Crippen LogP contribution in [0.1, 0.15) is 25.7 Å². The molecule has 0 aliphatic carbocycles. The van der Waals surface area contributed by atoms with Gasteiger partial charge in [-0.05, 0) is 25.7 Å². The standard InChI is InChI=1S/C8H17ClN2/c1-2-3-5-8(11-10)6-4-7-9/h2,8,11H,1,3-7,10H2. The molecule has 3 N–H and O–H groups in total. The lowest BCUT2D eigenvalue weighted by Crippen LogP contribution is -2.34. The van der Waals surface area contributed by atoms with E-state index in [2.05, 4.69) is 12.0 Å². The van der Waals surface area contributed by atoms with Gasteiger partial charge < -0.3 is 0 Å². The van der Waals surface area contributed by atoms with Crippen LogP contribution in [0.3, 0.4) is 0 Å². The highest BCUT2D eigenvalue weighted by Crippen LogP contribution is 2.04. The molecule has 0 rings (SSSR count). The summed E-state index contributed by atoms with van der Waals surface area (Å²) in [6, 6.07) is 0.395. The van der Waals surface area contributed by atoms with Crippen molar-refractivity contribution >= 4 is 11.6 Å². The Labute approximate surface area is 73.8 Å². The highest BCUT2D eigenvalue weighted by Gasteiger charge is 2.03. The maximum absolute atomic E-state index is 5.55. The summed E-state index contributed by atoms with van der Waals surface area (Å²) in [5, 5.41) is 0. The minimum atomic E-state index is 0.395. The van der Waals surface area contributed by atoms with E-state index in [0.717, 1.165) is 25.7 Å². The summed E-state index contributed by atoms with van der Waals surface area (Å²) in [5.41, 5.74) is 2.77. The smallest absolute Gasteiger partial charge is 0.0224 e. The van der Waals surface area contributed by atoms with Crippen LogP contribution in [0.4, 0.5) is 0 Å². The fourth-order valence-corrected chi connectivity index (χ4v) is 1.11. The van der Waals surface area contributed by atoms with Crippen LogP contribution in [0.2, 0.25) is 0 Å². The molecule has 0 saturated carbocycles. The quantitative estimate of drug-likeness (QED) is 0.269. The molecule has 0 radical (unpaired) electrons. The van der Waals surface area contributed by atoms with Crippen molar-refractivity contribution in [3.05, 3.63) is 12.7 Å². The summed E-state index contributed by atoms with van der Waals surface area (Å²) in [6.45, 7) is 3.65. The van der Waals surface area contributed by atoms with Gasteiger partial charge in [0.1, 0.15) is 0 Å². The van der Waals surface area contributed by atoms with Gasteiger partial charge in [-0.3, -0.25) is 11.3 Å². The summed E-state index contributed by atoms with van der Waals surface area (Å²) < 4.78 is 0. The topological polar surface area (TPSA) is 38.0 Å². The van der Waals surface area contributed by atoms with E-state index in [4.69, 9.17) is 17.4 Å². The number of hydrogen-bond acceptors (Lipinski definition) is 2. The molecule has 1 unspecified atom stereocenters. The van der Waals surface area contributed by atoms with E-state index in [-0.39, 0.29) is 0 Å². The largest absolute Gasteiger partial charge is 0.271 e.